The normalized spacial score (nSPS) is 10.1. The van der Waals surface area contributed by atoms with Crippen LogP contribution in [0.4, 0.5) is 11.5 Å². The lowest BCUT2D eigenvalue weighted by Crippen LogP contribution is -2.10. The van der Waals surface area contributed by atoms with Crippen LogP contribution in [0.3, 0.4) is 0 Å². The molecule has 0 aliphatic rings. The third kappa shape index (κ3) is 3.85. The number of hydrogen-bond acceptors (Lipinski definition) is 5. The van der Waals surface area contributed by atoms with E-state index in [0.717, 1.165) is 17.7 Å². The van der Waals surface area contributed by atoms with Gasteiger partial charge in [0.15, 0.2) is 0 Å². The Bertz CT molecular complexity index is 644. The Kier molecular flexibility index (Phi) is 4.61. The smallest absolute Gasteiger partial charge is 0.337 e. The quantitative estimate of drug-likeness (QED) is 0.752. The molecule has 0 radical (unpaired) electrons. The van der Waals surface area contributed by atoms with Crippen LogP contribution in [0.25, 0.3) is 0 Å². The number of hydrogen-bond donors (Lipinski definition) is 3. The van der Waals surface area contributed by atoms with E-state index in [9.17, 15) is 4.79 Å². The summed E-state index contributed by atoms with van der Waals surface area (Å²) < 4.78 is 5.17. The highest BCUT2D eigenvalue weighted by Crippen LogP contribution is 2.17. The van der Waals surface area contributed by atoms with Crippen LogP contribution in [0.1, 0.15) is 15.9 Å². The van der Waals surface area contributed by atoms with Crippen molar-refractivity contribution in [2.75, 3.05) is 24.7 Å². The Morgan fingerprint density at radius 3 is 2.90 bits per heavy atom. The van der Waals surface area contributed by atoms with Crippen LogP contribution in [0, 0.1) is 0 Å². The molecule has 21 heavy (non-hydrogen) atoms. The van der Waals surface area contributed by atoms with Crippen molar-refractivity contribution in [2.24, 2.45) is 0 Å². The Balaban J connectivity index is 1.95. The second kappa shape index (κ2) is 6.60. The van der Waals surface area contributed by atoms with Crippen LogP contribution in [0.15, 0.2) is 36.5 Å². The van der Waals surface area contributed by atoms with E-state index in [1.807, 2.05) is 24.3 Å². The first kappa shape index (κ1) is 14.6. The van der Waals surface area contributed by atoms with Gasteiger partial charge in [-0.15, -0.1) is 0 Å². The van der Waals surface area contributed by atoms with Gasteiger partial charge in [0.1, 0.15) is 11.6 Å². The van der Waals surface area contributed by atoms with Gasteiger partial charge in [-0.1, -0.05) is 12.1 Å². The van der Waals surface area contributed by atoms with Crippen LogP contribution in [0.2, 0.25) is 0 Å². The van der Waals surface area contributed by atoms with Crippen molar-refractivity contribution in [3.05, 3.63) is 47.7 Å². The van der Waals surface area contributed by atoms with Crippen LogP contribution in [0.5, 0.6) is 5.75 Å². The number of aromatic nitrogens is 1. The summed E-state index contributed by atoms with van der Waals surface area (Å²) in [5.41, 5.74) is 7.30. The molecule has 2 aromatic rings. The van der Waals surface area contributed by atoms with Crippen molar-refractivity contribution in [1.82, 2.24) is 4.98 Å². The van der Waals surface area contributed by atoms with Gasteiger partial charge in [0.25, 0.3) is 0 Å². The number of nitrogens with zero attached hydrogens (tertiary/aromatic N) is 1. The van der Waals surface area contributed by atoms with E-state index in [1.165, 1.54) is 12.3 Å². The Morgan fingerprint density at radius 1 is 1.43 bits per heavy atom. The molecular weight excluding hydrogens is 270 g/mol. The highest BCUT2D eigenvalue weighted by molar-refractivity contribution is 5.89. The van der Waals surface area contributed by atoms with E-state index in [2.05, 4.69) is 10.3 Å². The summed E-state index contributed by atoms with van der Waals surface area (Å²) in [5, 5.41) is 11.9. The fourth-order valence-electron chi connectivity index (χ4n) is 1.90. The highest BCUT2D eigenvalue weighted by Gasteiger charge is 2.07. The molecule has 6 heteroatoms. The molecule has 1 heterocycles. The average molecular weight is 287 g/mol. The number of methoxy groups -OCH3 is 1. The number of aromatic carboxylic acids is 1. The van der Waals surface area contributed by atoms with E-state index in [-0.39, 0.29) is 5.56 Å². The predicted molar refractivity (Wildman–Crippen MR) is 80.8 cm³/mol. The molecule has 0 saturated heterocycles. The Labute approximate surface area is 122 Å². The third-order valence-electron chi connectivity index (χ3n) is 3.00. The van der Waals surface area contributed by atoms with E-state index < -0.39 is 5.97 Å². The van der Waals surface area contributed by atoms with Crippen LogP contribution in [-0.4, -0.2) is 29.7 Å². The van der Waals surface area contributed by atoms with Crippen molar-refractivity contribution in [3.63, 3.8) is 0 Å². The van der Waals surface area contributed by atoms with Crippen LogP contribution < -0.4 is 15.8 Å². The van der Waals surface area contributed by atoms with Gasteiger partial charge in [-0.25, -0.2) is 9.78 Å². The Morgan fingerprint density at radius 2 is 2.24 bits per heavy atom. The standard InChI is InChI=1S/C15H17N3O3/c1-21-12-4-2-3-10(7-12)5-6-17-14-13(16)8-11(9-18-14)15(19)20/h2-4,7-9H,5-6,16H2,1H3,(H,17,18)(H,19,20). The summed E-state index contributed by atoms with van der Waals surface area (Å²) in [6.07, 6.45) is 2.06. The molecule has 1 aromatic heterocycles. The minimum absolute atomic E-state index is 0.0749. The zero-order valence-electron chi connectivity index (χ0n) is 11.7. The van der Waals surface area contributed by atoms with Crippen molar-refractivity contribution >= 4 is 17.5 Å². The molecule has 0 aliphatic carbocycles. The molecule has 0 unspecified atom stereocenters. The van der Waals surface area contributed by atoms with Crippen molar-refractivity contribution in [2.45, 2.75) is 6.42 Å². The number of carbonyl (C=O) groups is 1. The molecule has 1 aromatic carbocycles. The second-order valence-electron chi connectivity index (χ2n) is 4.50. The lowest BCUT2D eigenvalue weighted by atomic mass is 10.1. The van der Waals surface area contributed by atoms with Crippen LogP contribution >= 0.6 is 0 Å². The number of pyridine rings is 1. The molecule has 0 spiro atoms. The minimum atomic E-state index is -1.04. The van der Waals surface area contributed by atoms with Gasteiger partial charge in [-0.05, 0) is 30.2 Å². The fourth-order valence-corrected chi connectivity index (χ4v) is 1.90. The second-order valence-corrected chi connectivity index (χ2v) is 4.50. The number of rotatable bonds is 6. The molecule has 0 fully saturated rings. The maximum Gasteiger partial charge on any atom is 0.337 e. The predicted octanol–water partition coefficient (Wildman–Crippen LogP) is 2.03. The van der Waals surface area contributed by atoms with Gasteiger partial charge < -0.3 is 20.9 Å². The summed E-state index contributed by atoms with van der Waals surface area (Å²) in [6, 6.07) is 9.19. The number of nitrogens with two attached hydrogens (primary N) is 1. The molecule has 0 atom stereocenters. The van der Waals surface area contributed by atoms with E-state index in [1.54, 1.807) is 7.11 Å². The van der Waals surface area contributed by atoms with E-state index >= 15 is 0 Å². The molecule has 110 valence electrons. The van der Waals surface area contributed by atoms with E-state index in [0.29, 0.717) is 18.1 Å². The summed E-state index contributed by atoms with van der Waals surface area (Å²) in [5.74, 6) is 0.260. The Hall–Kier alpha value is -2.76. The van der Waals surface area contributed by atoms with Crippen molar-refractivity contribution in [1.29, 1.82) is 0 Å². The molecule has 0 bridgehead atoms. The minimum Gasteiger partial charge on any atom is -0.497 e. The summed E-state index contributed by atoms with van der Waals surface area (Å²) in [4.78, 5) is 14.8. The maximum absolute atomic E-state index is 10.8. The molecule has 0 aliphatic heterocycles. The summed E-state index contributed by atoms with van der Waals surface area (Å²) in [6.45, 7) is 0.636. The van der Waals surface area contributed by atoms with Gasteiger partial charge in [0.2, 0.25) is 0 Å². The number of nitrogen functional groups attached to an aromatic ring is 1. The summed E-state index contributed by atoms with van der Waals surface area (Å²) >= 11 is 0. The molecule has 0 saturated carbocycles. The van der Waals surface area contributed by atoms with Gasteiger partial charge in [-0.3, -0.25) is 0 Å². The zero-order chi connectivity index (χ0) is 15.2. The topological polar surface area (TPSA) is 97.5 Å². The van der Waals surface area contributed by atoms with Gasteiger partial charge >= 0.3 is 5.97 Å². The third-order valence-corrected chi connectivity index (χ3v) is 3.00. The number of anilines is 2. The first-order valence-electron chi connectivity index (χ1n) is 6.46. The number of nitrogens with one attached hydrogen (secondary N) is 1. The fraction of sp³-hybridized carbons (Fsp3) is 0.200. The first-order valence-corrected chi connectivity index (χ1v) is 6.46. The summed E-state index contributed by atoms with van der Waals surface area (Å²) in [7, 11) is 1.63. The van der Waals surface area contributed by atoms with Crippen LogP contribution in [-0.2, 0) is 6.42 Å². The molecule has 0 amide bonds. The maximum atomic E-state index is 10.8. The molecule has 4 N–H and O–H groups in total. The average Bonchev–Trinajstić information content (AvgIpc) is 2.49. The van der Waals surface area contributed by atoms with E-state index in [4.69, 9.17) is 15.6 Å². The van der Waals surface area contributed by atoms with Gasteiger partial charge in [-0.2, -0.15) is 0 Å². The molecular formula is C15H17N3O3. The van der Waals surface area contributed by atoms with Gasteiger partial charge in [0.05, 0.1) is 18.4 Å². The lowest BCUT2D eigenvalue weighted by Gasteiger charge is -2.09. The number of carboxylic acids is 1. The largest absolute Gasteiger partial charge is 0.497 e. The molecule has 6 nitrogen and oxygen atoms in total. The first-order chi connectivity index (χ1) is 10.1. The van der Waals surface area contributed by atoms with Crippen molar-refractivity contribution in [3.8, 4) is 5.75 Å². The molecule has 2 rings (SSSR count). The number of benzene rings is 1. The lowest BCUT2D eigenvalue weighted by molar-refractivity contribution is 0.0696. The zero-order valence-corrected chi connectivity index (χ0v) is 11.7. The SMILES string of the molecule is COc1cccc(CCNc2ncc(C(=O)O)cc2N)c1. The highest BCUT2D eigenvalue weighted by atomic mass is 16.5. The number of carboxylic acid groups (broad SMARTS) is 1. The number of ether oxygens (including phenoxy) is 1. The van der Waals surface area contributed by atoms with Crippen molar-refractivity contribution < 1.29 is 14.6 Å². The monoisotopic (exact) mass is 287 g/mol. The van der Waals surface area contributed by atoms with Gasteiger partial charge in [0, 0.05) is 12.7 Å².